The first kappa shape index (κ1) is 12.4. The highest BCUT2D eigenvalue weighted by atomic mass is 16.5. The zero-order valence-electron chi connectivity index (χ0n) is 10.8. The average molecular weight is 235 g/mol. The Bertz CT molecular complexity index is 372. The smallest absolute Gasteiger partial charge is 0.118 e. The van der Waals surface area contributed by atoms with Gasteiger partial charge in [-0.1, -0.05) is 26.0 Å². The molecule has 0 bridgehead atoms. The maximum Gasteiger partial charge on any atom is 0.118 e. The maximum atomic E-state index is 9.93. The number of hydrogen-bond donors (Lipinski definition) is 1. The quantitative estimate of drug-likeness (QED) is 0.868. The van der Waals surface area contributed by atoms with E-state index in [1.807, 2.05) is 12.1 Å². The van der Waals surface area contributed by atoms with Crippen LogP contribution in [0.15, 0.2) is 24.3 Å². The fourth-order valence-corrected chi connectivity index (χ4v) is 2.35. The molecule has 1 aliphatic rings. The number of likely N-dealkylation sites (tertiary alicyclic amines) is 1. The summed E-state index contributed by atoms with van der Waals surface area (Å²) in [5, 5.41) is 9.93. The van der Waals surface area contributed by atoms with Crippen LogP contribution in [0.4, 0.5) is 0 Å². The van der Waals surface area contributed by atoms with Crippen LogP contribution in [0.2, 0.25) is 0 Å². The number of methoxy groups -OCH3 is 1. The molecule has 0 radical (unpaired) electrons. The Morgan fingerprint density at radius 3 is 2.47 bits per heavy atom. The predicted molar refractivity (Wildman–Crippen MR) is 68.1 cm³/mol. The van der Waals surface area contributed by atoms with E-state index in [-0.39, 0.29) is 11.5 Å². The van der Waals surface area contributed by atoms with Crippen molar-refractivity contribution in [3.63, 3.8) is 0 Å². The number of rotatable bonds is 3. The lowest BCUT2D eigenvalue weighted by molar-refractivity contribution is 0.0954. The van der Waals surface area contributed by atoms with Crippen molar-refractivity contribution in [1.29, 1.82) is 0 Å². The first-order chi connectivity index (χ1) is 8.01. The third-order valence-corrected chi connectivity index (χ3v) is 3.53. The molecule has 0 aromatic heterocycles. The highest BCUT2D eigenvalue weighted by molar-refractivity contribution is 5.27. The minimum atomic E-state index is -0.222. The number of aliphatic hydroxyl groups is 1. The lowest BCUT2D eigenvalue weighted by atomic mass is 9.90. The van der Waals surface area contributed by atoms with E-state index in [1.54, 1.807) is 7.11 Å². The third-order valence-electron chi connectivity index (χ3n) is 3.53. The molecule has 0 saturated carbocycles. The molecular weight excluding hydrogens is 214 g/mol. The van der Waals surface area contributed by atoms with Crippen LogP contribution in [-0.2, 0) is 6.54 Å². The van der Waals surface area contributed by atoms with Crippen LogP contribution < -0.4 is 4.74 Å². The van der Waals surface area contributed by atoms with Crippen LogP contribution in [0.5, 0.6) is 5.75 Å². The second-order valence-electron chi connectivity index (χ2n) is 5.52. The molecule has 94 valence electrons. The Balaban J connectivity index is 1.98. The molecule has 3 heteroatoms. The second kappa shape index (κ2) is 4.67. The molecule has 3 nitrogen and oxygen atoms in total. The van der Waals surface area contributed by atoms with Gasteiger partial charge in [0.25, 0.3) is 0 Å². The summed E-state index contributed by atoms with van der Waals surface area (Å²) in [6.45, 7) is 6.83. The van der Waals surface area contributed by atoms with Crippen LogP contribution in [0.1, 0.15) is 19.4 Å². The SMILES string of the molecule is COc1ccc(CN2C[C@H](O)C(C)(C)C2)cc1. The number of aliphatic hydroxyl groups excluding tert-OH is 1. The van der Waals surface area contributed by atoms with Gasteiger partial charge in [0.05, 0.1) is 13.2 Å². The van der Waals surface area contributed by atoms with Gasteiger partial charge in [0, 0.05) is 25.0 Å². The minimum absolute atomic E-state index is 0.00642. The summed E-state index contributed by atoms with van der Waals surface area (Å²) in [6.07, 6.45) is -0.222. The Labute approximate surface area is 103 Å². The van der Waals surface area contributed by atoms with E-state index >= 15 is 0 Å². The van der Waals surface area contributed by atoms with Crippen LogP contribution in [0.3, 0.4) is 0 Å². The Kier molecular flexibility index (Phi) is 3.40. The Morgan fingerprint density at radius 2 is 2.00 bits per heavy atom. The highest BCUT2D eigenvalue weighted by Crippen LogP contribution is 2.30. The summed E-state index contributed by atoms with van der Waals surface area (Å²) in [4.78, 5) is 2.30. The van der Waals surface area contributed by atoms with E-state index in [9.17, 15) is 5.11 Å². The van der Waals surface area contributed by atoms with E-state index in [1.165, 1.54) is 5.56 Å². The van der Waals surface area contributed by atoms with E-state index in [4.69, 9.17) is 4.74 Å². The van der Waals surface area contributed by atoms with Crippen molar-refractivity contribution >= 4 is 0 Å². The standard InChI is InChI=1S/C14H21NO2/c1-14(2)10-15(9-13(14)16)8-11-4-6-12(17-3)7-5-11/h4-7,13,16H,8-10H2,1-3H3/t13-/m0/s1. The topological polar surface area (TPSA) is 32.7 Å². The van der Waals surface area contributed by atoms with Gasteiger partial charge >= 0.3 is 0 Å². The van der Waals surface area contributed by atoms with E-state index < -0.39 is 0 Å². The summed E-state index contributed by atoms with van der Waals surface area (Å²) < 4.78 is 5.14. The molecule has 0 amide bonds. The molecule has 17 heavy (non-hydrogen) atoms. The minimum Gasteiger partial charge on any atom is -0.497 e. The lowest BCUT2D eigenvalue weighted by Crippen LogP contribution is -2.26. The van der Waals surface area contributed by atoms with Crippen molar-refractivity contribution in [3.05, 3.63) is 29.8 Å². The predicted octanol–water partition coefficient (Wildman–Crippen LogP) is 1.90. The molecule has 0 aliphatic carbocycles. The Hall–Kier alpha value is -1.06. The maximum absolute atomic E-state index is 9.93. The summed E-state index contributed by atoms with van der Waals surface area (Å²) >= 11 is 0. The molecule has 1 heterocycles. The zero-order valence-corrected chi connectivity index (χ0v) is 10.8. The molecule has 0 spiro atoms. The summed E-state index contributed by atoms with van der Waals surface area (Å²) in [5.74, 6) is 0.885. The van der Waals surface area contributed by atoms with Crippen LogP contribution in [-0.4, -0.2) is 36.3 Å². The monoisotopic (exact) mass is 235 g/mol. The molecule has 1 aromatic rings. The lowest BCUT2D eigenvalue weighted by Gasteiger charge is -2.21. The first-order valence-corrected chi connectivity index (χ1v) is 6.04. The van der Waals surface area contributed by atoms with Crippen LogP contribution in [0.25, 0.3) is 0 Å². The van der Waals surface area contributed by atoms with Crippen molar-refractivity contribution in [2.45, 2.75) is 26.5 Å². The summed E-state index contributed by atoms with van der Waals surface area (Å²) in [7, 11) is 1.67. The van der Waals surface area contributed by atoms with Crippen LogP contribution in [0, 0.1) is 5.41 Å². The van der Waals surface area contributed by atoms with Gasteiger partial charge in [-0.2, -0.15) is 0 Å². The van der Waals surface area contributed by atoms with Gasteiger partial charge in [0.15, 0.2) is 0 Å². The zero-order chi connectivity index (χ0) is 12.5. The molecule has 1 saturated heterocycles. The number of β-amino-alcohol motifs (C(OH)–C–C–N with tert-alkyl or cyclic N) is 1. The molecule has 2 rings (SSSR count). The normalized spacial score (nSPS) is 23.9. The van der Waals surface area contributed by atoms with Crippen molar-refractivity contribution in [3.8, 4) is 5.75 Å². The number of benzene rings is 1. The fraction of sp³-hybridized carbons (Fsp3) is 0.571. The molecule has 1 atom stereocenters. The first-order valence-electron chi connectivity index (χ1n) is 6.04. The molecular formula is C14H21NO2. The second-order valence-corrected chi connectivity index (χ2v) is 5.52. The van der Waals surface area contributed by atoms with Crippen LogP contribution >= 0.6 is 0 Å². The molecule has 1 N–H and O–H groups in total. The van der Waals surface area contributed by atoms with Gasteiger partial charge in [0.2, 0.25) is 0 Å². The molecule has 1 aromatic carbocycles. The number of nitrogens with zero attached hydrogens (tertiary/aromatic N) is 1. The van der Waals surface area contributed by atoms with Crippen molar-refractivity contribution in [2.24, 2.45) is 5.41 Å². The summed E-state index contributed by atoms with van der Waals surface area (Å²) in [5.41, 5.74) is 1.27. The van der Waals surface area contributed by atoms with E-state index in [0.717, 1.165) is 25.4 Å². The van der Waals surface area contributed by atoms with Crippen molar-refractivity contribution in [2.75, 3.05) is 20.2 Å². The van der Waals surface area contributed by atoms with E-state index in [0.29, 0.717) is 0 Å². The van der Waals surface area contributed by atoms with Gasteiger partial charge in [-0.3, -0.25) is 4.90 Å². The molecule has 1 fully saturated rings. The van der Waals surface area contributed by atoms with E-state index in [2.05, 4.69) is 30.9 Å². The largest absolute Gasteiger partial charge is 0.497 e. The van der Waals surface area contributed by atoms with Gasteiger partial charge in [-0.15, -0.1) is 0 Å². The number of hydrogen-bond acceptors (Lipinski definition) is 3. The van der Waals surface area contributed by atoms with Crippen molar-refractivity contribution in [1.82, 2.24) is 4.90 Å². The third kappa shape index (κ3) is 2.79. The fourth-order valence-electron chi connectivity index (χ4n) is 2.35. The Morgan fingerprint density at radius 1 is 1.35 bits per heavy atom. The number of ether oxygens (including phenoxy) is 1. The van der Waals surface area contributed by atoms with Gasteiger partial charge in [0.1, 0.15) is 5.75 Å². The van der Waals surface area contributed by atoms with Gasteiger partial charge in [-0.25, -0.2) is 0 Å². The molecule has 1 aliphatic heterocycles. The molecule has 0 unspecified atom stereocenters. The summed E-state index contributed by atoms with van der Waals surface area (Å²) in [6, 6.07) is 8.12. The van der Waals surface area contributed by atoms with Crippen molar-refractivity contribution < 1.29 is 9.84 Å². The van der Waals surface area contributed by atoms with Gasteiger partial charge < -0.3 is 9.84 Å². The average Bonchev–Trinajstić information content (AvgIpc) is 2.53. The van der Waals surface area contributed by atoms with Gasteiger partial charge in [-0.05, 0) is 17.7 Å². The highest BCUT2D eigenvalue weighted by Gasteiger charge is 2.37.